The van der Waals surface area contributed by atoms with Gasteiger partial charge in [0.05, 0.1) is 17.4 Å². The molecule has 1 aliphatic heterocycles. The molecule has 2 N–H and O–H groups in total. The minimum atomic E-state index is -1.82. The Labute approximate surface area is 179 Å². The molecule has 1 fully saturated rings. The lowest BCUT2D eigenvalue weighted by Gasteiger charge is -2.31. The highest BCUT2D eigenvalue weighted by Crippen LogP contribution is 2.24. The first-order valence-electron chi connectivity index (χ1n) is 9.96. The number of imidazole rings is 1. The van der Waals surface area contributed by atoms with Crippen LogP contribution < -0.4 is 0 Å². The van der Waals surface area contributed by atoms with E-state index in [0.29, 0.717) is 0 Å². The van der Waals surface area contributed by atoms with Crippen LogP contribution in [0.2, 0.25) is 0 Å². The summed E-state index contributed by atoms with van der Waals surface area (Å²) in [6.07, 6.45) is 4.60. The second-order valence-electron chi connectivity index (χ2n) is 7.73. The van der Waals surface area contributed by atoms with Crippen LogP contribution in [-0.4, -0.2) is 49.7 Å². The fourth-order valence-electron chi connectivity index (χ4n) is 3.69. The molecule has 30 heavy (non-hydrogen) atoms. The molecule has 2 aromatic heterocycles. The molecular weight excluding hydrogens is 402 g/mol. The van der Waals surface area contributed by atoms with Gasteiger partial charge in [0.15, 0.2) is 0 Å². The zero-order valence-corrected chi connectivity index (χ0v) is 18.1. The van der Waals surface area contributed by atoms with Crippen LogP contribution in [0, 0.1) is 19.8 Å². The van der Waals surface area contributed by atoms with Crippen molar-refractivity contribution in [2.75, 3.05) is 13.1 Å². The van der Waals surface area contributed by atoms with Crippen LogP contribution >= 0.6 is 11.3 Å². The van der Waals surface area contributed by atoms with Gasteiger partial charge in [-0.2, -0.15) is 0 Å². The van der Waals surface area contributed by atoms with Gasteiger partial charge in [0, 0.05) is 18.0 Å². The summed E-state index contributed by atoms with van der Waals surface area (Å²) in [5, 5.41) is 17.0. The number of likely N-dealkylation sites (tertiary alicyclic amines) is 1. The van der Waals surface area contributed by atoms with E-state index >= 15 is 0 Å². The van der Waals surface area contributed by atoms with Crippen molar-refractivity contribution in [2.24, 2.45) is 5.92 Å². The van der Waals surface area contributed by atoms with Crippen molar-refractivity contribution < 1.29 is 19.8 Å². The number of nitrogens with zero attached hydrogens (tertiary/aromatic N) is 3. The first kappa shape index (κ1) is 22.0. The normalized spacial score (nSPS) is 15.0. The topological polar surface area (TPSA) is 95.7 Å². The number of aromatic nitrogens is 2. The van der Waals surface area contributed by atoms with Crippen LogP contribution in [0.3, 0.4) is 0 Å². The standard InChI is InChI=1S/C20H25N3S.C2H2O4/c1-15-10-19-20(11-16(15)2)23(14-21-19)12-17-5-7-22(8-6-17)13-18-4-3-9-24-18;3-1(4)2(5)6/h3-4,9-11,14,17H,5-8,12-13H2,1-2H3;(H,3,4)(H,5,6). The van der Waals surface area contributed by atoms with Gasteiger partial charge in [-0.05, 0) is 80.4 Å². The number of thiophene rings is 1. The molecular formula is C22H27N3O4S. The number of carboxylic acid groups (broad SMARTS) is 2. The van der Waals surface area contributed by atoms with Crippen LogP contribution in [0.4, 0.5) is 0 Å². The number of benzene rings is 1. The number of aryl methyl sites for hydroxylation is 2. The Morgan fingerprint density at radius 1 is 1.13 bits per heavy atom. The molecule has 4 rings (SSSR count). The smallest absolute Gasteiger partial charge is 0.414 e. The molecule has 0 amide bonds. The fraction of sp³-hybridized carbons (Fsp3) is 0.409. The van der Waals surface area contributed by atoms with Crippen molar-refractivity contribution in [3.05, 3.63) is 52.0 Å². The SMILES string of the molecule is Cc1cc2ncn(CC3CCN(Cc4cccs4)CC3)c2cc1C.O=C(O)C(=O)O. The van der Waals surface area contributed by atoms with Gasteiger partial charge in [0.2, 0.25) is 0 Å². The third-order valence-corrected chi connectivity index (χ3v) is 6.40. The maximum absolute atomic E-state index is 9.10. The average molecular weight is 430 g/mol. The van der Waals surface area contributed by atoms with Crippen molar-refractivity contribution in [1.29, 1.82) is 0 Å². The molecule has 0 unspecified atom stereocenters. The zero-order chi connectivity index (χ0) is 21.7. The second-order valence-corrected chi connectivity index (χ2v) is 8.76. The van der Waals surface area contributed by atoms with Gasteiger partial charge in [0.25, 0.3) is 0 Å². The number of piperidine rings is 1. The Morgan fingerprint density at radius 3 is 2.40 bits per heavy atom. The first-order chi connectivity index (χ1) is 14.3. The third kappa shape index (κ3) is 5.67. The summed E-state index contributed by atoms with van der Waals surface area (Å²) < 4.78 is 2.36. The van der Waals surface area contributed by atoms with Crippen molar-refractivity contribution in [1.82, 2.24) is 14.5 Å². The minimum Gasteiger partial charge on any atom is -0.473 e. The molecule has 1 aromatic carbocycles. The Balaban J connectivity index is 0.000000377. The molecule has 0 atom stereocenters. The highest BCUT2D eigenvalue weighted by Gasteiger charge is 2.20. The van der Waals surface area contributed by atoms with E-state index in [9.17, 15) is 0 Å². The summed E-state index contributed by atoms with van der Waals surface area (Å²) >= 11 is 1.87. The molecule has 0 radical (unpaired) electrons. The fourth-order valence-corrected chi connectivity index (χ4v) is 4.43. The maximum atomic E-state index is 9.10. The van der Waals surface area contributed by atoms with Crippen LogP contribution in [0.15, 0.2) is 36.0 Å². The van der Waals surface area contributed by atoms with Gasteiger partial charge >= 0.3 is 11.9 Å². The van der Waals surface area contributed by atoms with Gasteiger partial charge in [-0.3, -0.25) is 4.90 Å². The first-order valence-corrected chi connectivity index (χ1v) is 10.8. The average Bonchev–Trinajstić information content (AvgIpc) is 3.35. The van der Waals surface area contributed by atoms with E-state index in [2.05, 4.69) is 57.9 Å². The molecule has 0 bridgehead atoms. The van der Waals surface area contributed by atoms with Gasteiger partial charge in [-0.1, -0.05) is 6.07 Å². The quantitative estimate of drug-likeness (QED) is 0.613. The van der Waals surface area contributed by atoms with Crippen LogP contribution in [-0.2, 0) is 22.7 Å². The summed E-state index contributed by atoms with van der Waals surface area (Å²) in [4.78, 5) is 26.9. The summed E-state index contributed by atoms with van der Waals surface area (Å²) in [6.45, 7) is 9.01. The van der Waals surface area contributed by atoms with E-state index in [1.54, 1.807) is 0 Å². The van der Waals surface area contributed by atoms with Gasteiger partial charge in [0.1, 0.15) is 0 Å². The molecule has 3 heterocycles. The van der Waals surface area contributed by atoms with E-state index < -0.39 is 11.9 Å². The number of carboxylic acids is 2. The molecule has 0 aliphatic carbocycles. The molecule has 160 valence electrons. The summed E-state index contributed by atoms with van der Waals surface area (Å²) in [5.41, 5.74) is 5.11. The number of hydrogen-bond acceptors (Lipinski definition) is 5. The van der Waals surface area contributed by atoms with E-state index in [1.165, 1.54) is 47.5 Å². The Hall–Kier alpha value is -2.71. The van der Waals surface area contributed by atoms with Crippen molar-refractivity contribution in [3.63, 3.8) is 0 Å². The van der Waals surface area contributed by atoms with E-state index in [0.717, 1.165) is 24.5 Å². The van der Waals surface area contributed by atoms with E-state index in [1.807, 2.05) is 17.7 Å². The molecule has 1 aliphatic rings. The highest BCUT2D eigenvalue weighted by atomic mass is 32.1. The van der Waals surface area contributed by atoms with Crippen molar-refractivity contribution in [2.45, 2.75) is 39.8 Å². The number of carbonyl (C=O) groups is 2. The lowest BCUT2D eigenvalue weighted by atomic mass is 9.96. The predicted molar refractivity (Wildman–Crippen MR) is 117 cm³/mol. The Kier molecular flexibility index (Phi) is 7.23. The molecule has 7 nitrogen and oxygen atoms in total. The van der Waals surface area contributed by atoms with Crippen LogP contribution in [0.25, 0.3) is 11.0 Å². The Bertz CT molecular complexity index is 993. The zero-order valence-electron chi connectivity index (χ0n) is 17.2. The summed E-state index contributed by atoms with van der Waals surface area (Å²) in [7, 11) is 0. The van der Waals surface area contributed by atoms with Crippen molar-refractivity contribution >= 4 is 34.3 Å². The minimum absolute atomic E-state index is 0.767. The largest absolute Gasteiger partial charge is 0.473 e. The van der Waals surface area contributed by atoms with E-state index in [4.69, 9.17) is 19.8 Å². The highest BCUT2D eigenvalue weighted by molar-refractivity contribution is 7.09. The number of rotatable bonds is 4. The van der Waals surface area contributed by atoms with Gasteiger partial charge < -0.3 is 14.8 Å². The molecule has 1 saturated heterocycles. The number of aliphatic carboxylic acids is 2. The predicted octanol–water partition coefficient (Wildman–Crippen LogP) is 3.78. The number of fused-ring (bicyclic) bond motifs is 1. The summed E-state index contributed by atoms with van der Waals surface area (Å²) in [6, 6.07) is 8.91. The monoisotopic (exact) mass is 429 g/mol. The number of hydrogen-bond donors (Lipinski definition) is 2. The van der Waals surface area contributed by atoms with Crippen LogP contribution in [0.5, 0.6) is 0 Å². The van der Waals surface area contributed by atoms with Crippen molar-refractivity contribution in [3.8, 4) is 0 Å². The Morgan fingerprint density at radius 2 is 1.80 bits per heavy atom. The lowest BCUT2D eigenvalue weighted by Crippen LogP contribution is -2.34. The second kappa shape index (κ2) is 9.86. The molecule has 8 heteroatoms. The van der Waals surface area contributed by atoms with Gasteiger partial charge in [-0.15, -0.1) is 11.3 Å². The third-order valence-electron chi connectivity index (χ3n) is 5.54. The molecule has 0 saturated carbocycles. The van der Waals surface area contributed by atoms with Gasteiger partial charge in [-0.25, -0.2) is 14.6 Å². The summed E-state index contributed by atoms with van der Waals surface area (Å²) in [5.74, 6) is -2.88. The van der Waals surface area contributed by atoms with Crippen LogP contribution in [0.1, 0.15) is 28.8 Å². The maximum Gasteiger partial charge on any atom is 0.414 e. The molecule has 3 aromatic rings. The molecule has 0 spiro atoms. The lowest BCUT2D eigenvalue weighted by molar-refractivity contribution is -0.159. The van der Waals surface area contributed by atoms with E-state index in [-0.39, 0.29) is 0 Å².